The van der Waals surface area contributed by atoms with Crippen LogP contribution in [0.15, 0.2) is 48.7 Å². The zero-order valence-corrected chi connectivity index (χ0v) is 21.8. The number of primary amides is 1. The lowest BCUT2D eigenvalue weighted by molar-refractivity contribution is -0.131. The Hall–Kier alpha value is -3.32. The van der Waals surface area contributed by atoms with Crippen LogP contribution in [0.25, 0.3) is 10.9 Å². The fraction of sp³-hybridized carbons (Fsp3) is 0.467. The van der Waals surface area contributed by atoms with Crippen molar-refractivity contribution >= 4 is 22.7 Å². The molecule has 37 heavy (non-hydrogen) atoms. The van der Waals surface area contributed by atoms with Crippen molar-refractivity contribution in [1.29, 1.82) is 0 Å². The zero-order chi connectivity index (χ0) is 25.8. The number of ether oxygens (including phenoxy) is 1. The number of methoxy groups -OCH3 is 1. The number of carbonyl (C=O) groups is 2. The van der Waals surface area contributed by atoms with E-state index < -0.39 is 5.91 Å². The molecule has 2 aliphatic rings. The van der Waals surface area contributed by atoms with Crippen molar-refractivity contribution < 1.29 is 14.3 Å². The molecule has 2 aromatic carbocycles. The van der Waals surface area contributed by atoms with Gasteiger partial charge in [0.25, 0.3) is 0 Å². The molecule has 2 aliphatic heterocycles. The molecule has 3 aromatic rings. The van der Waals surface area contributed by atoms with E-state index in [0.29, 0.717) is 18.0 Å². The van der Waals surface area contributed by atoms with Crippen LogP contribution in [0.5, 0.6) is 5.75 Å². The number of carbonyl (C=O) groups excluding carboxylic acids is 2. The van der Waals surface area contributed by atoms with E-state index in [-0.39, 0.29) is 5.91 Å². The molecule has 3 heterocycles. The quantitative estimate of drug-likeness (QED) is 0.501. The highest BCUT2D eigenvalue weighted by atomic mass is 16.5. The lowest BCUT2D eigenvalue weighted by atomic mass is 9.98. The first-order chi connectivity index (χ1) is 18.0. The largest absolute Gasteiger partial charge is 0.496 e. The summed E-state index contributed by atoms with van der Waals surface area (Å²) >= 11 is 0. The molecule has 2 amide bonds. The molecular weight excluding hydrogens is 464 g/mol. The van der Waals surface area contributed by atoms with Gasteiger partial charge in [0.15, 0.2) is 0 Å². The van der Waals surface area contributed by atoms with Crippen molar-refractivity contribution in [3.8, 4) is 5.75 Å². The summed E-state index contributed by atoms with van der Waals surface area (Å²) in [6.07, 6.45) is 8.99. The molecule has 0 atom stereocenters. The lowest BCUT2D eigenvalue weighted by Crippen LogP contribution is -2.37. The molecule has 2 saturated heterocycles. The van der Waals surface area contributed by atoms with Crippen LogP contribution in [0.2, 0.25) is 0 Å². The van der Waals surface area contributed by atoms with Crippen LogP contribution in [0, 0.1) is 0 Å². The van der Waals surface area contributed by atoms with Gasteiger partial charge in [-0.25, -0.2) is 0 Å². The molecule has 0 bridgehead atoms. The molecular formula is C30H38N4O3. The second-order valence-electron chi connectivity index (χ2n) is 10.4. The summed E-state index contributed by atoms with van der Waals surface area (Å²) in [6, 6.07) is 14.3. The first-order valence-corrected chi connectivity index (χ1v) is 13.6. The van der Waals surface area contributed by atoms with Gasteiger partial charge < -0.3 is 24.8 Å². The third-order valence-electron chi connectivity index (χ3n) is 8.14. The van der Waals surface area contributed by atoms with Crippen molar-refractivity contribution in [2.75, 3.05) is 39.8 Å². The summed E-state index contributed by atoms with van der Waals surface area (Å²) in [7, 11) is 1.71. The van der Waals surface area contributed by atoms with E-state index >= 15 is 0 Å². The topological polar surface area (TPSA) is 80.8 Å². The molecule has 1 aromatic heterocycles. The summed E-state index contributed by atoms with van der Waals surface area (Å²) in [4.78, 5) is 29.2. The molecule has 7 heteroatoms. The molecule has 196 valence electrons. The van der Waals surface area contributed by atoms with Crippen LogP contribution in [-0.2, 0) is 17.6 Å². The number of amides is 2. The fourth-order valence-electron chi connectivity index (χ4n) is 5.98. The average Bonchev–Trinajstić information content (AvgIpc) is 3.36. The van der Waals surface area contributed by atoms with Gasteiger partial charge in [0.2, 0.25) is 11.8 Å². The minimum Gasteiger partial charge on any atom is -0.496 e. The first-order valence-electron chi connectivity index (χ1n) is 13.6. The molecule has 2 N–H and O–H groups in total. The number of nitrogens with two attached hydrogens (primary N) is 1. The fourth-order valence-corrected chi connectivity index (χ4v) is 5.98. The van der Waals surface area contributed by atoms with Crippen molar-refractivity contribution in [3.63, 3.8) is 0 Å². The number of nitrogens with zero attached hydrogens (tertiary/aromatic N) is 3. The Morgan fingerprint density at radius 2 is 1.78 bits per heavy atom. The maximum atomic E-state index is 13.0. The van der Waals surface area contributed by atoms with Crippen LogP contribution in [0.3, 0.4) is 0 Å². The molecule has 5 rings (SSSR count). The minimum absolute atomic E-state index is 0.230. The van der Waals surface area contributed by atoms with Crippen molar-refractivity contribution in [1.82, 2.24) is 14.4 Å². The predicted molar refractivity (Wildman–Crippen MR) is 146 cm³/mol. The predicted octanol–water partition coefficient (Wildman–Crippen LogP) is 4.18. The highest BCUT2D eigenvalue weighted by molar-refractivity contribution is 5.97. The second kappa shape index (κ2) is 11.4. The van der Waals surface area contributed by atoms with Gasteiger partial charge >= 0.3 is 0 Å². The molecule has 0 radical (unpaired) electrons. The number of benzene rings is 2. The molecule has 0 unspecified atom stereocenters. The van der Waals surface area contributed by atoms with Gasteiger partial charge in [-0.3, -0.25) is 9.59 Å². The summed E-state index contributed by atoms with van der Waals surface area (Å²) in [5.41, 5.74) is 9.39. The maximum absolute atomic E-state index is 13.0. The van der Waals surface area contributed by atoms with E-state index in [4.69, 9.17) is 10.5 Å². The van der Waals surface area contributed by atoms with Gasteiger partial charge in [0.05, 0.1) is 13.5 Å². The van der Waals surface area contributed by atoms with E-state index in [9.17, 15) is 9.59 Å². The maximum Gasteiger partial charge on any atom is 0.248 e. The van der Waals surface area contributed by atoms with Crippen LogP contribution in [0.1, 0.15) is 59.6 Å². The number of rotatable bonds is 8. The zero-order valence-electron chi connectivity index (χ0n) is 21.8. The molecule has 7 nitrogen and oxygen atoms in total. The SMILES string of the molecule is COc1cccc(CC(=O)N2CCCCC2)c1CCN1CCC(n2ccc3ccc(C(N)=O)cc32)CC1. The Balaban J connectivity index is 1.22. The number of hydrogen-bond acceptors (Lipinski definition) is 4. The second-order valence-corrected chi connectivity index (χ2v) is 10.4. The van der Waals surface area contributed by atoms with E-state index in [0.717, 1.165) is 92.6 Å². The van der Waals surface area contributed by atoms with Crippen LogP contribution in [0.4, 0.5) is 0 Å². The minimum atomic E-state index is -0.391. The van der Waals surface area contributed by atoms with E-state index in [2.05, 4.69) is 27.8 Å². The van der Waals surface area contributed by atoms with Gasteiger partial charge in [0, 0.05) is 56.0 Å². The van der Waals surface area contributed by atoms with Crippen LogP contribution in [-0.4, -0.2) is 66.0 Å². The normalized spacial score (nSPS) is 17.3. The van der Waals surface area contributed by atoms with Crippen LogP contribution < -0.4 is 10.5 Å². The Morgan fingerprint density at radius 1 is 1.00 bits per heavy atom. The van der Waals surface area contributed by atoms with E-state index in [1.165, 1.54) is 6.42 Å². The Labute approximate surface area is 219 Å². The van der Waals surface area contributed by atoms with Crippen molar-refractivity contribution in [2.45, 2.75) is 51.0 Å². The summed E-state index contributed by atoms with van der Waals surface area (Å²) in [5, 5.41) is 1.13. The molecule has 0 spiro atoms. The van der Waals surface area contributed by atoms with Gasteiger partial charge in [-0.15, -0.1) is 0 Å². The number of piperidine rings is 2. The summed E-state index contributed by atoms with van der Waals surface area (Å²) < 4.78 is 8.02. The third kappa shape index (κ3) is 5.67. The highest BCUT2D eigenvalue weighted by Gasteiger charge is 2.23. The van der Waals surface area contributed by atoms with Crippen LogP contribution >= 0.6 is 0 Å². The monoisotopic (exact) mass is 502 g/mol. The smallest absolute Gasteiger partial charge is 0.248 e. The van der Waals surface area contributed by atoms with Gasteiger partial charge in [0.1, 0.15) is 5.75 Å². The number of likely N-dealkylation sites (tertiary alicyclic amines) is 2. The number of fused-ring (bicyclic) bond motifs is 1. The summed E-state index contributed by atoms with van der Waals surface area (Å²) in [5.74, 6) is 0.717. The van der Waals surface area contributed by atoms with E-state index in [1.54, 1.807) is 13.2 Å². The standard InChI is InChI=1S/C30H38N4O3/c1-37-28-7-5-6-23(21-29(35)33-14-3-2-4-15-33)26(28)13-18-32-16-11-25(12-17-32)34-19-10-22-8-9-24(30(31)36)20-27(22)34/h5-10,19-20,25H,2-4,11-18,21H2,1H3,(H2,31,36). The first kappa shape index (κ1) is 25.3. The van der Waals surface area contributed by atoms with Gasteiger partial charge in [-0.05, 0) is 79.3 Å². The molecule has 0 saturated carbocycles. The number of aromatic nitrogens is 1. The average molecular weight is 503 g/mol. The van der Waals surface area contributed by atoms with Gasteiger partial charge in [-0.2, -0.15) is 0 Å². The van der Waals surface area contributed by atoms with E-state index in [1.807, 2.05) is 29.2 Å². The Morgan fingerprint density at radius 3 is 2.51 bits per heavy atom. The lowest BCUT2D eigenvalue weighted by Gasteiger charge is -2.33. The number of hydrogen-bond donors (Lipinski definition) is 1. The molecule has 2 fully saturated rings. The van der Waals surface area contributed by atoms with Gasteiger partial charge in [-0.1, -0.05) is 18.2 Å². The Bertz CT molecular complexity index is 1250. The Kier molecular flexibility index (Phi) is 7.79. The van der Waals surface area contributed by atoms with Crippen molar-refractivity contribution in [3.05, 3.63) is 65.4 Å². The summed E-state index contributed by atoms with van der Waals surface area (Å²) in [6.45, 7) is 4.73. The van der Waals surface area contributed by atoms with Crippen molar-refractivity contribution in [2.24, 2.45) is 5.73 Å². The molecule has 0 aliphatic carbocycles. The highest BCUT2D eigenvalue weighted by Crippen LogP contribution is 2.30. The third-order valence-corrected chi connectivity index (χ3v) is 8.14.